The fourth-order valence-corrected chi connectivity index (χ4v) is 3.42. The summed E-state index contributed by atoms with van der Waals surface area (Å²) in [5, 5.41) is 3.83. The number of hydrogen-bond donors (Lipinski definition) is 2. The standard InChI is InChI=1S/C14H28N2/c1-14(8-3-2-4-9-14)16-11-12-6-5-7-13(15)10-12/h12-13,16H,2-11,15H2,1H3. The van der Waals surface area contributed by atoms with Gasteiger partial charge in [0, 0.05) is 11.6 Å². The predicted octanol–water partition coefficient (Wildman–Crippen LogP) is 2.82. The van der Waals surface area contributed by atoms with Crippen molar-refractivity contribution in [2.24, 2.45) is 11.7 Å². The van der Waals surface area contributed by atoms with Crippen LogP contribution in [0.2, 0.25) is 0 Å². The van der Waals surface area contributed by atoms with Crippen molar-refractivity contribution in [2.45, 2.75) is 76.3 Å². The fourth-order valence-electron chi connectivity index (χ4n) is 3.42. The van der Waals surface area contributed by atoms with Crippen molar-refractivity contribution in [1.82, 2.24) is 5.32 Å². The molecule has 0 spiro atoms. The molecule has 2 aliphatic rings. The Morgan fingerprint density at radius 1 is 1.12 bits per heavy atom. The van der Waals surface area contributed by atoms with E-state index in [1.54, 1.807) is 0 Å². The first-order valence-corrected chi connectivity index (χ1v) is 7.19. The minimum absolute atomic E-state index is 0.430. The second kappa shape index (κ2) is 5.50. The Kier molecular flexibility index (Phi) is 4.26. The van der Waals surface area contributed by atoms with E-state index in [1.807, 2.05) is 0 Å². The average molecular weight is 224 g/mol. The second-order valence-corrected chi connectivity index (χ2v) is 6.29. The van der Waals surface area contributed by atoms with Crippen LogP contribution in [0.4, 0.5) is 0 Å². The third-order valence-electron chi connectivity index (χ3n) is 4.60. The van der Waals surface area contributed by atoms with E-state index >= 15 is 0 Å². The van der Waals surface area contributed by atoms with Gasteiger partial charge in [0.2, 0.25) is 0 Å². The number of rotatable bonds is 3. The second-order valence-electron chi connectivity index (χ2n) is 6.29. The Hall–Kier alpha value is -0.0800. The lowest BCUT2D eigenvalue weighted by Gasteiger charge is -2.37. The molecule has 2 fully saturated rings. The van der Waals surface area contributed by atoms with Crippen LogP contribution in [0.5, 0.6) is 0 Å². The summed E-state index contributed by atoms with van der Waals surface area (Å²) < 4.78 is 0. The molecule has 3 N–H and O–H groups in total. The zero-order valence-electron chi connectivity index (χ0n) is 10.8. The Labute approximate surface area is 100 Å². The van der Waals surface area contributed by atoms with E-state index in [4.69, 9.17) is 5.73 Å². The fraction of sp³-hybridized carbons (Fsp3) is 1.00. The van der Waals surface area contributed by atoms with Crippen LogP contribution < -0.4 is 11.1 Å². The Balaban J connectivity index is 1.73. The molecule has 0 bridgehead atoms. The van der Waals surface area contributed by atoms with E-state index < -0.39 is 0 Å². The van der Waals surface area contributed by atoms with E-state index in [1.165, 1.54) is 64.3 Å². The third kappa shape index (κ3) is 3.46. The summed E-state index contributed by atoms with van der Waals surface area (Å²) in [5.74, 6) is 0.836. The van der Waals surface area contributed by atoms with Crippen molar-refractivity contribution >= 4 is 0 Å². The van der Waals surface area contributed by atoms with Gasteiger partial charge in [-0.2, -0.15) is 0 Å². The first kappa shape index (κ1) is 12.4. The summed E-state index contributed by atoms with van der Waals surface area (Å²) in [6.07, 6.45) is 12.2. The SMILES string of the molecule is CC1(NCC2CCCC(N)C2)CCCCC1. The van der Waals surface area contributed by atoms with E-state index in [2.05, 4.69) is 12.2 Å². The molecule has 0 aromatic heterocycles. The van der Waals surface area contributed by atoms with Gasteiger partial charge in [-0.15, -0.1) is 0 Å². The summed E-state index contributed by atoms with van der Waals surface area (Å²) in [4.78, 5) is 0. The van der Waals surface area contributed by atoms with Gasteiger partial charge < -0.3 is 11.1 Å². The van der Waals surface area contributed by atoms with Gasteiger partial charge in [-0.05, 0) is 51.5 Å². The van der Waals surface area contributed by atoms with E-state index in [9.17, 15) is 0 Å². The highest BCUT2D eigenvalue weighted by molar-refractivity contribution is 4.88. The summed E-state index contributed by atoms with van der Waals surface area (Å²) in [7, 11) is 0. The van der Waals surface area contributed by atoms with Crippen LogP contribution in [-0.2, 0) is 0 Å². The molecule has 2 heteroatoms. The lowest BCUT2D eigenvalue weighted by atomic mass is 9.81. The summed E-state index contributed by atoms with van der Waals surface area (Å²) in [6.45, 7) is 3.61. The molecule has 2 rings (SSSR count). The van der Waals surface area contributed by atoms with Crippen LogP contribution in [0, 0.1) is 5.92 Å². The molecule has 0 radical (unpaired) electrons. The molecule has 0 aromatic carbocycles. The molecule has 94 valence electrons. The maximum absolute atomic E-state index is 6.04. The molecule has 0 aliphatic heterocycles. The van der Waals surface area contributed by atoms with E-state index in [-0.39, 0.29) is 0 Å². The van der Waals surface area contributed by atoms with Gasteiger partial charge in [-0.3, -0.25) is 0 Å². The molecule has 2 atom stereocenters. The van der Waals surface area contributed by atoms with Gasteiger partial charge in [0.25, 0.3) is 0 Å². The third-order valence-corrected chi connectivity index (χ3v) is 4.60. The highest BCUT2D eigenvalue weighted by Gasteiger charge is 2.27. The predicted molar refractivity (Wildman–Crippen MR) is 69.4 cm³/mol. The summed E-state index contributed by atoms with van der Waals surface area (Å²) in [5.41, 5.74) is 6.47. The number of hydrogen-bond acceptors (Lipinski definition) is 2. The number of nitrogens with two attached hydrogens (primary N) is 1. The van der Waals surface area contributed by atoms with Gasteiger partial charge in [-0.1, -0.05) is 25.7 Å². The normalized spacial score (nSPS) is 34.9. The van der Waals surface area contributed by atoms with Crippen molar-refractivity contribution < 1.29 is 0 Å². The molecular weight excluding hydrogens is 196 g/mol. The summed E-state index contributed by atoms with van der Waals surface area (Å²) in [6, 6.07) is 0.472. The maximum Gasteiger partial charge on any atom is 0.0153 e. The largest absolute Gasteiger partial charge is 0.328 e. The van der Waals surface area contributed by atoms with Crippen LogP contribution >= 0.6 is 0 Å². The van der Waals surface area contributed by atoms with E-state index in [0.717, 1.165) is 5.92 Å². The Morgan fingerprint density at radius 3 is 2.56 bits per heavy atom. The monoisotopic (exact) mass is 224 g/mol. The molecule has 0 saturated heterocycles. The van der Waals surface area contributed by atoms with Crippen molar-refractivity contribution in [3.8, 4) is 0 Å². The minimum Gasteiger partial charge on any atom is -0.328 e. The molecule has 2 nitrogen and oxygen atoms in total. The van der Waals surface area contributed by atoms with Crippen LogP contribution in [0.25, 0.3) is 0 Å². The van der Waals surface area contributed by atoms with Crippen LogP contribution in [0.1, 0.15) is 64.7 Å². The van der Waals surface area contributed by atoms with Gasteiger partial charge >= 0.3 is 0 Å². The molecular formula is C14H28N2. The molecule has 0 heterocycles. The maximum atomic E-state index is 6.04. The molecule has 0 amide bonds. The lowest BCUT2D eigenvalue weighted by Crippen LogP contribution is -2.47. The van der Waals surface area contributed by atoms with Gasteiger partial charge in [0.1, 0.15) is 0 Å². The molecule has 2 saturated carbocycles. The first-order valence-electron chi connectivity index (χ1n) is 7.19. The van der Waals surface area contributed by atoms with Gasteiger partial charge in [-0.25, -0.2) is 0 Å². The zero-order chi connectivity index (χ0) is 11.4. The molecule has 0 aromatic rings. The lowest BCUT2D eigenvalue weighted by molar-refractivity contribution is 0.219. The Morgan fingerprint density at radius 2 is 1.88 bits per heavy atom. The first-order chi connectivity index (χ1) is 7.68. The number of nitrogens with one attached hydrogen (secondary N) is 1. The van der Waals surface area contributed by atoms with Gasteiger partial charge in [0.05, 0.1) is 0 Å². The van der Waals surface area contributed by atoms with Crippen molar-refractivity contribution in [3.63, 3.8) is 0 Å². The minimum atomic E-state index is 0.430. The van der Waals surface area contributed by atoms with Crippen molar-refractivity contribution in [3.05, 3.63) is 0 Å². The zero-order valence-corrected chi connectivity index (χ0v) is 10.8. The van der Waals surface area contributed by atoms with Crippen molar-refractivity contribution in [1.29, 1.82) is 0 Å². The molecule has 2 unspecified atom stereocenters. The van der Waals surface area contributed by atoms with Gasteiger partial charge in [0.15, 0.2) is 0 Å². The quantitative estimate of drug-likeness (QED) is 0.773. The molecule has 2 aliphatic carbocycles. The summed E-state index contributed by atoms with van der Waals surface area (Å²) >= 11 is 0. The topological polar surface area (TPSA) is 38.0 Å². The molecule has 16 heavy (non-hydrogen) atoms. The smallest absolute Gasteiger partial charge is 0.0153 e. The van der Waals surface area contributed by atoms with Crippen LogP contribution in [0.3, 0.4) is 0 Å². The average Bonchev–Trinajstić information content (AvgIpc) is 2.28. The Bertz CT molecular complexity index is 209. The highest BCUT2D eigenvalue weighted by atomic mass is 15.0. The van der Waals surface area contributed by atoms with Crippen LogP contribution in [0.15, 0.2) is 0 Å². The van der Waals surface area contributed by atoms with E-state index in [0.29, 0.717) is 11.6 Å². The van der Waals surface area contributed by atoms with Crippen molar-refractivity contribution in [2.75, 3.05) is 6.54 Å². The van der Waals surface area contributed by atoms with Crippen LogP contribution in [-0.4, -0.2) is 18.1 Å². The highest BCUT2D eigenvalue weighted by Crippen LogP contribution is 2.29.